The normalized spacial score (nSPS) is 9.83. The van der Waals surface area contributed by atoms with Crippen molar-refractivity contribution in [1.82, 2.24) is 20.5 Å². The van der Waals surface area contributed by atoms with E-state index in [9.17, 15) is 4.79 Å². The molecule has 0 aliphatic heterocycles. The van der Waals surface area contributed by atoms with Crippen LogP contribution in [0.2, 0.25) is 0 Å². The molecule has 0 aromatic carbocycles. The molecule has 5 nitrogen and oxygen atoms in total. The van der Waals surface area contributed by atoms with E-state index >= 15 is 0 Å². The molecular weight excluding hydrogens is 176 g/mol. The number of carbonyl (C=O) groups excluding carboxylic acids is 1. The average Bonchev–Trinajstić information content (AvgIpc) is 2.47. The summed E-state index contributed by atoms with van der Waals surface area (Å²) < 4.78 is 0. The first kappa shape index (κ1) is 9.05. The molecule has 0 saturated heterocycles. The lowest BCUT2D eigenvalue weighted by atomic mass is 10.7. The molecule has 1 amide bonds. The third-order valence-corrected chi connectivity index (χ3v) is 2.04. The molecular formula is C6H10N4OS. The number of hydrogen-bond acceptors (Lipinski definition) is 4. The summed E-state index contributed by atoms with van der Waals surface area (Å²) in [5.41, 5.74) is 0. The van der Waals surface area contributed by atoms with Gasteiger partial charge in [-0.25, -0.2) is 4.98 Å². The summed E-state index contributed by atoms with van der Waals surface area (Å²) in [5, 5.41) is 9.69. The number of carbonyl (C=O) groups is 1. The van der Waals surface area contributed by atoms with Gasteiger partial charge in [-0.1, -0.05) is 11.8 Å². The highest BCUT2D eigenvalue weighted by molar-refractivity contribution is 7.99. The number of amides is 1. The Balaban J connectivity index is 2.38. The van der Waals surface area contributed by atoms with Gasteiger partial charge in [0, 0.05) is 7.05 Å². The van der Waals surface area contributed by atoms with Crippen LogP contribution in [0.3, 0.4) is 0 Å². The largest absolute Gasteiger partial charge is 0.358 e. The Morgan fingerprint density at radius 3 is 3.00 bits per heavy atom. The molecule has 0 unspecified atom stereocenters. The minimum atomic E-state index is -0.0255. The second-order valence-corrected chi connectivity index (χ2v) is 3.11. The summed E-state index contributed by atoms with van der Waals surface area (Å²) in [6.45, 7) is 1.82. The number of aryl methyl sites for hydroxylation is 1. The van der Waals surface area contributed by atoms with Crippen molar-refractivity contribution >= 4 is 17.7 Å². The lowest BCUT2D eigenvalue weighted by Gasteiger charge is -1.94. The average molecular weight is 186 g/mol. The smallest absolute Gasteiger partial charge is 0.230 e. The maximum absolute atomic E-state index is 10.8. The van der Waals surface area contributed by atoms with E-state index in [0.29, 0.717) is 10.9 Å². The SMILES string of the molecule is CNC(=O)CSc1n[nH]c(C)n1. The molecule has 1 aromatic heterocycles. The zero-order valence-corrected chi connectivity index (χ0v) is 7.73. The van der Waals surface area contributed by atoms with Crippen LogP contribution in [0.25, 0.3) is 0 Å². The standard InChI is InChI=1S/C6H10N4OS/c1-4-8-6(10-9-4)12-3-5(11)7-2/h3H2,1-2H3,(H,7,11)(H,8,9,10). The van der Waals surface area contributed by atoms with Crippen molar-refractivity contribution in [1.29, 1.82) is 0 Å². The van der Waals surface area contributed by atoms with Gasteiger partial charge in [-0.15, -0.1) is 5.10 Å². The van der Waals surface area contributed by atoms with Crippen LogP contribution in [0, 0.1) is 6.92 Å². The maximum Gasteiger partial charge on any atom is 0.230 e. The molecule has 6 heteroatoms. The number of thioether (sulfide) groups is 1. The first-order valence-electron chi connectivity index (χ1n) is 3.44. The highest BCUT2D eigenvalue weighted by Crippen LogP contribution is 2.10. The molecule has 0 fully saturated rings. The fourth-order valence-electron chi connectivity index (χ4n) is 0.589. The predicted octanol–water partition coefficient (Wildman–Crippen LogP) is -0.0488. The molecule has 0 radical (unpaired) electrons. The summed E-state index contributed by atoms with van der Waals surface area (Å²) in [6, 6.07) is 0. The van der Waals surface area contributed by atoms with Crippen LogP contribution < -0.4 is 5.32 Å². The fraction of sp³-hybridized carbons (Fsp3) is 0.500. The Bertz CT molecular complexity index is 272. The van der Waals surface area contributed by atoms with Crippen LogP contribution in [0.4, 0.5) is 0 Å². The van der Waals surface area contributed by atoms with E-state index in [-0.39, 0.29) is 5.91 Å². The van der Waals surface area contributed by atoms with Crippen molar-refractivity contribution in [2.75, 3.05) is 12.8 Å². The number of hydrogen-bond donors (Lipinski definition) is 2. The van der Waals surface area contributed by atoms with E-state index < -0.39 is 0 Å². The third-order valence-electron chi connectivity index (χ3n) is 1.19. The first-order valence-corrected chi connectivity index (χ1v) is 4.43. The number of H-pyrrole nitrogens is 1. The van der Waals surface area contributed by atoms with Gasteiger partial charge in [0.25, 0.3) is 0 Å². The van der Waals surface area contributed by atoms with Gasteiger partial charge in [-0.3, -0.25) is 9.89 Å². The quantitative estimate of drug-likeness (QED) is 0.649. The van der Waals surface area contributed by atoms with Crippen molar-refractivity contribution in [2.24, 2.45) is 0 Å². The number of nitrogens with zero attached hydrogens (tertiary/aromatic N) is 2. The van der Waals surface area contributed by atoms with Crippen LogP contribution in [0.1, 0.15) is 5.82 Å². The number of aromatic amines is 1. The second-order valence-electron chi connectivity index (χ2n) is 2.17. The van der Waals surface area contributed by atoms with E-state index in [0.717, 1.165) is 5.82 Å². The van der Waals surface area contributed by atoms with Crippen molar-refractivity contribution < 1.29 is 4.79 Å². The minimum Gasteiger partial charge on any atom is -0.358 e. The molecule has 0 spiro atoms. The first-order chi connectivity index (χ1) is 5.72. The van der Waals surface area contributed by atoms with E-state index in [4.69, 9.17) is 0 Å². The zero-order chi connectivity index (χ0) is 8.97. The highest BCUT2D eigenvalue weighted by Gasteiger charge is 2.03. The highest BCUT2D eigenvalue weighted by atomic mass is 32.2. The molecule has 1 rings (SSSR count). The van der Waals surface area contributed by atoms with E-state index in [1.807, 2.05) is 6.92 Å². The monoisotopic (exact) mass is 186 g/mol. The van der Waals surface area contributed by atoms with Gasteiger partial charge in [0.2, 0.25) is 11.1 Å². The van der Waals surface area contributed by atoms with E-state index in [1.54, 1.807) is 7.05 Å². The summed E-state index contributed by atoms with van der Waals surface area (Å²) in [6.07, 6.45) is 0. The van der Waals surface area contributed by atoms with Gasteiger partial charge in [0.05, 0.1) is 5.75 Å². The third kappa shape index (κ3) is 2.54. The molecule has 1 heterocycles. The summed E-state index contributed by atoms with van der Waals surface area (Å²) in [4.78, 5) is 14.8. The lowest BCUT2D eigenvalue weighted by molar-refractivity contribution is -0.118. The van der Waals surface area contributed by atoms with Crippen molar-refractivity contribution in [3.05, 3.63) is 5.82 Å². The predicted molar refractivity (Wildman–Crippen MR) is 45.9 cm³/mol. The topological polar surface area (TPSA) is 70.7 Å². The Kier molecular flexibility index (Phi) is 3.09. The second kappa shape index (κ2) is 4.10. The van der Waals surface area contributed by atoms with E-state index in [2.05, 4.69) is 20.5 Å². The van der Waals surface area contributed by atoms with Crippen LogP contribution in [-0.2, 0) is 4.79 Å². The van der Waals surface area contributed by atoms with Crippen LogP contribution in [0.15, 0.2) is 5.16 Å². The Labute approximate surface area is 74.3 Å². The Morgan fingerprint density at radius 2 is 2.50 bits per heavy atom. The molecule has 1 aromatic rings. The van der Waals surface area contributed by atoms with Crippen LogP contribution in [-0.4, -0.2) is 33.9 Å². The fourth-order valence-corrected chi connectivity index (χ4v) is 1.31. The molecule has 66 valence electrons. The molecule has 0 aliphatic rings. The molecule has 12 heavy (non-hydrogen) atoms. The molecule has 0 aliphatic carbocycles. The summed E-state index contributed by atoms with van der Waals surface area (Å²) in [7, 11) is 1.60. The molecule has 2 N–H and O–H groups in total. The summed E-state index contributed by atoms with van der Waals surface area (Å²) >= 11 is 1.31. The lowest BCUT2D eigenvalue weighted by Crippen LogP contribution is -2.19. The maximum atomic E-state index is 10.8. The van der Waals surface area contributed by atoms with Gasteiger partial charge < -0.3 is 5.32 Å². The molecule has 0 atom stereocenters. The summed E-state index contributed by atoms with van der Waals surface area (Å²) in [5.74, 6) is 1.09. The van der Waals surface area contributed by atoms with Gasteiger partial charge in [-0.2, -0.15) is 0 Å². The van der Waals surface area contributed by atoms with Crippen molar-refractivity contribution in [2.45, 2.75) is 12.1 Å². The van der Waals surface area contributed by atoms with Crippen molar-refractivity contribution in [3.8, 4) is 0 Å². The van der Waals surface area contributed by atoms with Gasteiger partial charge in [-0.05, 0) is 6.92 Å². The minimum absolute atomic E-state index is 0.0255. The van der Waals surface area contributed by atoms with Gasteiger partial charge >= 0.3 is 0 Å². The number of rotatable bonds is 3. The molecule has 0 bridgehead atoms. The van der Waals surface area contributed by atoms with Crippen LogP contribution >= 0.6 is 11.8 Å². The number of nitrogens with one attached hydrogen (secondary N) is 2. The Hall–Kier alpha value is -1.04. The van der Waals surface area contributed by atoms with Gasteiger partial charge in [0.15, 0.2) is 0 Å². The zero-order valence-electron chi connectivity index (χ0n) is 6.92. The van der Waals surface area contributed by atoms with E-state index in [1.165, 1.54) is 11.8 Å². The van der Waals surface area contributed by atoms with Gasteiger partial charge in [0.1, 0.15) is 5.82 Å². The molecule has 0 saturated carbocycles. The van der Waals surface area contributed by atoms with Crippen LogP contribution in [0.5, 0.6) is 0 Å². The van der Waals surface area contributed by atoms with Crippen molar-refractivity contribution in [3.63, 3.8) is 0 Å². The Morgan fingerprint density at radius 1 is 1.75 bits per heavy atom. The number of aromatic nitrogens is 3.